The van der Waals surface area contributed by atoms with Crippen LogP contribution in [0.5, 0.6) is 5.75 Å². The number of benzene rings is 1. The molecule has 0 bridgehead atoms. The van der Waals surface area contributed by atoms with Crippen molar-refractivity contribution >= 4 is 17.5 Å². The van der Waals surface area contributed by atoms with Gasteiger partial charge >= 0.3 is 0 Å². The van der Waals surface area contributed by atoms with E-state index in [9.17, 15) is 4.79 Å². The summed E-state index contributed by atoms with van der Waals surface area (Å²) in [5, 5.41) is 0. The first-order chi connectivity index (χ1) is 8.72. The van der Waals surface area contributed by atoms with Gasteiger partial charge in [-0.05, 0) is 25.1 Å². The van der Waals surface area contributed by atoms with Crippen molar-refractivity contribution in [1.82, 2.24) is 0 Å². The van der Waals surface area contributed by atoms with Gasteiger partial charge in [-0.3, -0.25) is 4.79 Å². The highest BCUT2D eigenvalue weighted by atomic mass is 32.2. The van der Waals surface area contributed by atoms with Crippen LogP contribution in [-0.4, -0.2) is 18.6 Å². The van der Waals surface area contributed by atoms with Gasteiger partial charge in [-0.1, -0.05) is 12.1 Å². The molecule has 0 amide bonds. The normalized spacial score (nSPS) is 10.3. The standard InChI is InChI=1S/C14H14O3S/c1-10-14(7-8-17-10)18-9-12(15)11-5-3-4-6-13(11)16-2/h3-8H,9H2,1-2H3. The molecule has 0 aliphatic heterocycles. The third kappa shape index (κ3) is 2.76. The first kappa shape index (κ1) is 12.8. The molecule has 0 spiro atoms. The van der Waals surface area contributed by atoms with Crippen LogP contribution in [0.15, 0.2) is 45.9 Å². The molecule has 0 radical (unpaired) electrons. The van der Waals surface area contributed by atoms with Gasteiger partial charge in [-0.2, -0.15) is 0 Å². The Morgan fingerprint density at radius 2 is 2.11 bits per heavy atom. The lowest BCUT2D eigenvalue weighted by atomic mass is 10.1. The molecule has 0 saturated carbocycles. The fraction of sp³-hybridized carbons (Fsp3) is 0.214. The van der Waals surface area contributed by atoms with Gasteiger partial charge in [0.15, 0.2) is 5.78 Å². The quantitative estimate of drug-likeness (QED) is 0.610. The maximum Gasteiger partial charge on any atom is 0.176 e. The number of hydrogen-bond acceptors (Lipinski definition) is 4. The number of carbonyl (C=O) groups is 1. The van der Waals surface area contributed by atoms with Gasteiger partial charge in [0.1, 0.15) is 11.5 Å². The molecule has 0 aliphatic rings. The summed E-state index contributed by atoms with van der Waals surface area (Å²) in [6.45, 7) is 1.88. The Bertz CT molecular complexity index is 545. The predicted octanol–water partition coefficient (Wildman–Crippen LogP) is 3.57. The van der Waals surface area contributed by atoms with Crippen LogP contribution in [-0.2, 0) is 0 Å². The largest absolute Gasteiger partial charge is 0.496 e. The molecule has 0 unspecified atom stereocenters. The molecule has 1 aromatic heterocycles. The number of furan rings is 1. The number of Topliss-reactive ketones (excluding diaryl/α,β-unsaturated/α-hetero) is 1. The summed E-state index contributed by atoms with van der Waals surface area (Å²) in [5.74, 6) is 1.89. The van der Waals surface area contributed by atoms with E-state index in [-0.39, 0.29) is 5.78 Å². The second-order valence-corrected chi connectivity index (χ2v) is 4.77. The molecule has 0 N–H and O–H groups in total. The van der Waals surface area contributed by atoms with E-state index in [0.29, 0.717) is 17.1 Å². The average Bonchev–Trinajstić information content (AvgIpc) is 2.81. The molecule has 1 aromatic carbocycles. The van der Waals surface area contributed by atoms with Gasteiger partial charge in [0.2, 0.25) is 0 Å². The van der Waals surface area contributed by atoms with E-state index < -0.39 is 0 Å². The molecule has 0 saturated heterocycles. The van der Waals surface area contributed by atoms with Gasteiger partial charge in [0, 0.05) is 4.90 Å². The third-order valence-corrected chi connectivity index (χ3v) is 3.72. The number of hydrogen-bond donors (Lipinski definition) is 0. The summed E-state index contributed by atoms with van der Waals surface area (Å²) < 4.78 is 10.4. The Hall–Kier alpha value is -1.68. The van der Waals surface area contributed by atoms with Crippen molar-refractivity contribution < 1.29 is 13.9 Å². The number of aryl methyl sites for hydroxylation is 1. The smallest absolute Gasteiger partial charge is 0.176 e. The fourth-order valence-electron chi connectivity index (χ4n) is 1.62. The molecule has 1 heterocycles. The molecule has 0 atom stereocenters. The van der Waals surface area contributed by atoms with Crippen molar-refractivity contribution in [2.24, 2.45) is 0 Å². The molecule has 2 rings (SSSR count). The molecule has 18 heavy (non-hydrogen) atoms. The summed E-state index contributed by atoms with van der Waals surface area (Å²) in [6.07, 6.45) is 1.63. The lowest BCUT2D eigenvalue weighted by molar-refractivity contribution is 0.101. The van der Waals surface area contributed by atoms with E-state index in [1.54, 1.807) is 25.5 Å². The summed E-state index contributed by atoms with van der Waals surface area (Å²) >= 11 is 1.48. The molecular weight excluding hydrogens is 248 g/mol. The zero-order chi connectivity index (χ0) is 13.0. The number of ether oxygens (including phenoxy) is 1. The van der Waals surface area contributed by atoms with Gasteiger partial charge in [-0.15, -0.1) is 11.8 Å². The number of methoxy groups -OCH3 is 1. The lowest BCUT2D eigenvalue weighted by Gasteiger charge is -2.06. The maximum atomic E-state index is 12.1. The molecule has 0 fully saturated rings. The first-order valence-corrected chi connectivity index (χ1v) is 6.54. The highest BCUT2D eigenvalue weighted by Gasteiger charge is 2.12. The number of rotatable bonds is 5. The van der Waals surface area contributed by atoms with Crippen molar-refractivity contribution in [2.45, 2.75) is 11.8 Å². The molecule has 2 aromatic rings. The summed E-state index contributed by atoms with van der Waals surface area (Å²) in [4.78, 5) is 13.1. The molecule has 3 nitrogen and oxygen atoms in total. The highest BCUT2D eigenvalue weighted by molar-refractivity contribution is 8.00. The van der Waals surface area contributed by atoms with Crippen molar-refractivity contribution in [1.29, 1.82) is 0 Å². The van der Waals surface area contributed by atoms with Crippen LogP contribution in [0.4, 0.5) is 0 Å². The average molecular weight is 262 g/mol. The van der Waals surface area contributed by atoms with Crippen LogP contribution in [0, 0.1) is 6.92 Å². The van der Waals surface area contributed by atoms with Gasteiger partial charge < -0.3 is 9.15 Å². The topological polar surface area (TPSA) is 39.4 Å². The van der Waals surface area contributed by atoms with Crippen molar-refractivity contribution in [3.63, 3.8) is 0 Å². The van der Waals surface area contributed by atoms with Gasteiger partial charge in [0.05, 0.1) is 24.7 Å². The van der Waals surface area contributed by atoms with Crippen LogP contribution in [0.25, 0.3) is 0 Å². The van der Waals surface area contributed by atoms with E-state index >= 15 is 0 Å². The van der Waals surface area contributed by atoms with Crippen LogP contribution in [0.3, 0.4) is 0 Å². The zero-order valence-corrected chi connectivity index (χ0v) is 11.1. The summed E-state index contributed by atoms with van der Waals surface area (Å²) in [6, 6.07) is 9.13. The minimum atomic E-state index is 0.0537. The minimum absolute atomic E-state index is 0.0537. The predicted molar refractivity (Wildman–Crippen MR) is 71.5 cm³/mol. The first-order valence-electron chi connectivity index (χ1n) is 5.55. The van der Waals surface area contributed by atoms with E-state index in [1.165, 1.54) is 11.8 Å². The second-order valence-electron chi connectivity index (χ2n) is 3.75. The Labute approximate surface area is 110 Å². The second kappa shape index (κ2) is 5.78. The van der Waals surface area contributed by atoms with Gasteiger partial charge in [0.25, 0.3) is 0 Å². The fourth-order valence-corrected chi connectivity index (χ4v) is 2.46. The Kier molecular flexibility index (Phi) is 4.10. The van der Waals surface area contributed by atoms with Crippen LogP contribution in [0.2, 0.25) is 0 Å². The number of para-hydroxylation sites is 1. The monoisotopic (exact) mass is 262 g/mol. The Morgan fingerprint density at radius 3 is 2.78 bits per heavy atom. The number of thioether (sulfide) groups is 1. The highest BCUT2D eigenvalue weighted by Crippen LogP contribution is 2.26. The SMILES string of the molecule is COc1ccccc1C(=O)CSc1ccoc1C. The summed E-state index contributed by atoms with van der Waals surface area (Å²) in [5.41, 5.74) is 0.619. The Balaban J connectivity index is 2.06. The molecular formula is C14H14O3S. The van der Waals surface area contributed by atoms with Crippen LogP contribution >= 0.6 is 11.8 Å². The molecule has 4 heteroatoms. The van der Waals surface area contributed by atoms with Crippen molar-refractivity contribution in [3.05, 3.63) is 47.9 Å². The summed E-state index contributed by atoms with van der Waals surface area (Å²) in [7, 11) is 1.57. The van der Waals surface area contributed by atoms with E-state index in [1.807, 2.05) is 25.1 Å². The number of ketones is 1. The zero-order valence-electron chi connectivity index (χ0n) is 10.3. The van der Waals surface area contributed by atoms with Crippen molar-refractivity contribution in [2.75, 3.05) is 12.9 Å². The van der Waals surface area contributed by atoms with Crippen LogP contribution < -0.4 is 4.74 Å². The van der Waals surface area contributed by atoms with E-state index in [0.717, 1.165) is 10.7 Å². The van der Waals surface area contributed by atoms with E-state index in [4.69, 9.17) is 9.15 Å². The van der Waals surface area contributed by atoms with Crippen LogP contribution in [0.1, 0.15) is 16.1 Å². The third-order valence-electron chi connectivity index (χ3n) is 2.58. The Morgan fingerprint density at radius 1 is 1.33 bits per heavy atom. The van der Waals surface area contributed by atoms with E-state index in [2.05, 4.69) is 0 Å². The maximum absolute atomic E-state index is 12.1. The molecule has 94 valence electrons. The van der Waals surface area contributed by atoms with Gasteiger partial charge in [-0.25, -0.2) is 0 Å². The number of carbonyl (C=O) groups excluding carboxylic acids is 1. The van der Waals surface area contributed by atoms with Crippen molar-refractivity contribution in [3.8, 4) is 5.75 Å². The minimum Gasteiger partial charge on any atom is -0.496 e. The lowest BCUT2D eigenvalue weighted by Crippen LogP contribution is -2.04. The molecule has 0 aliphatic carbocycles.